The van der Waals surface area contributed by atoms with Gasteiger partial charge in [-0.2, -0.15) is 5.10 Å². The molecule has 0 saturated heterocycles. The first-order chi connectivity index (χ1) is 11.0. The monoisotopic (exact) mass is 333 g/mol. The van der Waals surface area contributed by atoms with Gasteiger partial charge < -0.3 is 10.5 Å². The Balaban J connectivity index is 2.36. The number of H-pyrrole nitrogens is 1. The maximum absolute atomic E-state index is 12.9. The van der Waals surface area contributed by atoms with Gasteiger partial charge in [-0.15, -0.1) is 0 Å². The summed E-state index contributed by atoms with van der Waals surface area (Å²) in [5, 5.41) is 7.15. The Hall–Kier alpha value is -2.87. The Labute approximate surface area is 134 Å². The molecular weight excluding hydrogens is 322 g/mol. The Morgan fingerprint density at radius 1 is 1.43 bits per heavy atom. The number of ether oxygens (including phenoxy) is 1. The topological polar surface area (TPSA) is 116 Å². The summed E-state index contributed by atoms with van der Waals surface area (Å²) in [6, 6.07) is 6.52. The zero-order valence-electron chi connectivity index (χ0n) is 12.0. The Bertz CT molecular complexity index is 935. The van der Waals surface area contributed by atoms with Crippen molar-refractivity contribution in [2.24, 2.45) is 5.73 Å². The number of fused-ring (bicyclic) bond motifs is 1. The molecule has 2 aromatic heterocycles. The molecule has 23 heavy (non-hydrogen) atoms. The van der Waals surface area contributed by atoms with Crippen LogP contribution in [0.3, 0.4) is 0 Å². The number of halogens is 1. The molecule has 0 bridgehead atoms. The lowest BCUT2D eigenvalue weighted by Gasteiger charge is -2.16. The van der Waals surface area contributed by atoms with Crippen molar-refractivity contribution in [3.8, 4) is 5.82 Å². The highest BCUT2D eigenvalue weighted by molar-refractivity contribution is 6.35. The molecule has 1 amide bonds. The van der Waals surface area contributed by atoms with E-state index < -0.39 is 17.8 Å². The molecule has 0 aliphatic carbocycles. The number of nitrogens with zero attached hydrogens (tertiary/aromatic N) is 3. The fourth-order valence-electron chi connectivity index (χ4n) is 2.30. The van der Waals surface area contributed by atoms with Crippen LogP contribution in [0.4, 0.5) is 4.79 Å². The number of primary amides is 1. The third-order valence-corrected chi connectivity index (χ3v) is 3.56. The summed E-state index contributed by atoms with van der Waals surface area (Å²) in [5.74, 6) is 0.495. The standard InChI is InChI=1S/C14H12ClN5O3/c1-7(23-14(16)22)12-18-9-4-2-3-8(15)11(9)13(21)20(12)10-5-6-17-19-10/h2-7H,1H3,(H2,16,22)(H,17,19)/t7-/m0/s1. The van der Waals surface area contributed by atoms with Crippen molar-refractivity contribution in [1.29, 1.82) is 0 Å². The van der Waals surface area contributed by atoms with Gasteiger partial charge in [-0.3, -0.25) is 9.89 Å². The summed E-state index contributed by atoms with van der Waals surface area (Å²) in [6.45, 7) is 1.56. The summed E-state index contributed by atoms with van der Waals surface area (Å²) in [4.78, 5) is 28.3. The summed E-state index contributed by atoms with van der Waals surface area (Å²) < 4.78 is 6.19. The molecular formula is C14H12ClN5O3. The molecule has 3 N–H and O–H groups in total. The molecule has 1 atom stereocenters. The first-order valence-electron chi connectivity index (χ1n) is 6.66. The second kappa shape index (κ2) is 5.73. The molecule has 0 aliphatic heterocycles. The van der Waals surface area contributed by atoms with Gasteiger partial charge in [0.15, 0.2) is 17.7 Å². The van der Waals surface area contributed by atoms with E-state index in [1.807, 2.05) is 0 Å². The quantitative estimate of drug-likeness (QED) is 0.759. The minimum atomic E-state index is -0.966. The molecule has 0 radical (unpaired) electrons. The molecule has 2 heterocycles. The van der Waals surface area contributed by atoms with Crippen LogP contribution in [0.25, 0.3) is 16.7 Å². The third kappa shape index (κ3) is 2.64. The van der Waals surface area contributed by atoms with Gasteiger partial charge in [-0.05, 0) is 19.1 Å². The number of nitrogens with one attached hydrogen (secondary N) is 1. The number of aromatic amines is 1. The number of amides is 1. The summed E-state index contributed by atoms with van der Waals surface area (Å²) in [5.41, 5.74) is 5.03. The van der Waals surface area contributed by atoms with Crippen LogP contribution in [0.2, 0.25) is 5.02 Å². The van der Waals surface area contributed by atoms with Gasteiger partial charge in [0, 0.05) is 12.3 Å². The van der Waals surface area contributed by atoms with E-state index in [9.17, 15) is 9.59 Å². The van der Waals surface area contributed by atoms with E-state index >= 15 is 0 Å². The molecule has 3 rings (SSSR count). The van der Waals surface area contributed by atoms with Gasteiger partial charge in [0.25, 0.3) is 5.56 Å². The Morgan fingerprint density at radius 2 is 2.22 bits per heavy atom. The molecule has 9 heteroatoms. The molecule has 0 spiro atoms. The lowest BCUT2D eigenvalue weighted by Crippen LogP contribution is -2.28. The molecule has 0 fully saturated rings. The van der Waals surface area contributed by atoms with Crippen molar-refractivity contribution in [2.45, 2.75) is 13.0 Å². The predicted octanol–water partition coefficient (Wildman–Crippen LogP) is 1.92. The highest BCUT2D eigenvalue weighted by atomic mass is 35.5. The van der Waals surface area contributed by atoms with E-state index in [1.165, 1.54) is 4.57 Å². The average molecular weight is 334 g/mol. The lowest BCUT2D eigenvalue weighted by molar-refractivity contribution is 0.110. The zero-order chi connectivity index (χ0) is 16.6. The molecule has 0 saturated carbocycles. The van der Waals surface area contributed by atoms with Crippen molar-refractivity contribution in [1.82, 2.24) is 19.7 Å². The number of rotatable bonds is 3. The van der Waals surface area contributed by atoms with Crippen LogP contribution in [-0.2, 0) is 4.74 Å². The number of benzene rings is 1. The van der Waals surface area contributed by atoms with Crippen LogP contribution >= 0.6 is 11.6 Å². The molecule has 1 aromatic carbocycles. The number of hydrogen-bond acceptors (Lipinski definition) is 5. The Morgan fingerprint density at radius 3 is 2.87 bits per heavy atom. The lowest BCUT2D eigenvalue weighted by atomic mass is 10.2. The Kier molecular flexibility index (Phi) is 3.75. The average Bonchev–Trinajstić information content (AvgIpc) is 3.00. The minimum absolute atomic E-state index is 0.190. The minimum Gasteiger partial charge on any atom is -0.439 e. The molecule has 0 unspecified atom stereocenters. The van der Waals surface area contributed by atoms with Gasteiger partial charge in [0.2, 0.25) is 0 Å². The number of aromatic nitrogens is 4. The number of hydrogen-bond donors (Lipinski definition) is 2. The van der Waals surface area contributed by atoms with Gasteiger partial charge in [-0.25, -0.2) is 14.3 Å². The van der Waals surface area contributed by atoms with Crippen LogP contribution in [0.15, 0.2) is 35.3 Å². The smallest absolute Gasteiger partial charge is 0.405 e. The second-order valence-electron chi connectivity index (χ2n) is 4.76. The normalized spacial score (nSPS) is 12.3. The highest BCUT2D eigenvalue weighted by Crippen LogP contribution is 2.23. The SMILES string of the molecule is C[C@H](OC(N)=O)c1nc2cccc(Cl)c2c(=O)n1-c1cc[nH]n1. The highest BCUT2D eigenvalue weighted by Gasteiger charge is 2.22. The number of nitrogens with two attached hydrogens (primary N) is 1. The van der Waals surface area contributed by atoms with Gasteiger partial charge in [0.1, 0.15) is 0 Å². The first kappa shape index (κ1) is 15.0. The van der Waals surface area contributed by atoms with Crippen LogP contribution in [0, 0.1) is 0 Å². The van der Waals surface area contributed by atoms with Gasteiger partial charge in [0.05, 0.1) is 15.9 Å². The van der Waals surface area contributed by atoms with E-state index in [-0.39, 0.29) is 16.2 Å². The summed E-state index contributed by atoms with van der Waals surface area (Å²) in [7, 11) is 0. The second-order valence-corrected chi connectivity index (χ2v) is 5.16. The summed E-state index contributed by atoms with van der Waals surface area (Å²) in [6.07, 6.45) is -0.256. The van der Waals surface area contributed by atoms with Gasteiger partial charge >= 0.3 is 6.09 Å². The van der Waals surface area contributed by atoms with Crippen molar-refractivity contribution < 1.29 is 9.53 Å². The molecule has 8 nitrogen and oxygen atoms in total. The predicted molar refractivity (Wildman–Crippen MR) is 83.6 cm³/mol. The van der Waals surface area contributed by atoms with Gasteiger partial charge in [-0.1, -0.05) is 17.7 Å². The molecule has 118 valence electrons. The number of carbonyl (C=O) groups is 1. The molecule has 0 aliphatic rings. The van der Waals surface area contributed by atoms with Crippen molar-refractivity contribution >= 4 is 28.6 Å². The van der Waals surface area contributed by atoms with E-state index in [0.29, 0.717) is 11.3 Å². The van der Waals surface area contributed by atoms with Crippen molar-refractivity contribution in [3.63, 3.8) is 0 Å². The van der Waals surface area contributed by atoms with E-state index in [1.54, 1.807) is 37.4 Å². The van der Waals surface area contributed by atoms with Crippen molar-refractivity contribution in [3.05, 3.63) is 51.7 Å². The maximum Gasteiger partial charge on any atom is 0.405 e. The van der Waals surface area contributed by atoms with Crippen LogP contribution in [-0.4, -0.2) is 25.8 Å². The fraction of sp³-hybridized carbons (Fsp3) is 0.143. The van der Waals surface area contributed by atoms with Crippen molar-refractivity contribution in [2.75, 3.05) is 0 Å². The van der Waals surface area contributed by atoms with Crippen LogP contribution in [0.5, 0.6) is 0 Å². The summed E-state index contributed by atoms with van der Waals surface area (Å²) >= 11 is 6.13. The van der Waals surface area contributed by atoms with Crippen LogP contribution in [0.1, 0.15) is 18.9 Å². The fourth-order valence-corrected chi connectivity index (χ4v) is 2.56. The molecule has 3 aromatic rings. The van der Waals surface area contributed by atoms with E-state index in [4.69, 9.17) is 22.1 Å². The zero-order valence-corrected chi connectivity index (χ0v) is 12.7. The third-order valence-electron chi connectivity index (χ3n) is 3.24. The van der Waals surface area contributed by atoms with E-state index in [0.717, 1.165) is 0 Å². The van der Waals surface area contributed by atoms with E-state index in [2.05, 4.69) is 15.2 Å². The number of carbonyl (C=O) groups excluding carboxylic acids is 1. The van der Waals surface area contributed by atoms with Crippen LogP contribution < -0.4 is 11.3 Å². The first-order valence-corrected chi connectivity index (χ1v) is 7.04. The maximum atomic E-state index is 12.9. The largest absolute Gasteiger partial charge is 0.439 e.